The molecule has 0 saturated carbocycles. The van der Waals surface area contributed by atoms with Gasteiger partial charge in [0.1, 0.15) is 0 Å². The maximum atomic E-state index is 12.7. The number of anilines is 1. The van der Waals surface area contributed by atoms with Crippen LogP contribution >= 0.6 is 0 Å². The van der Waals surface area contributed by atoms with E-state index in [9.17, 15) is 4.79 Å². The molecule has 0 aliphatic rings. The SMILES string of the molecule is CCOc1nc(C)c(NC(=O)c2cc(OC)c(OC)c(OC)c2)c(C)n1. The Morgan fingerprint density at radius 2 is 1.54 bits per heavy atom. The molecular weight excluding hydrogens is 338 g/mol. The monoisotopic (exact) mass is 361 g/mol. The van der Waals surface area contributed by atoms with Crippen LogP contribution < -0.4 is 24.3 Å². The van der Waals surface area contributed by atoms with Crippen molar-refractivity contribution in [2.45, 2.75) is 20.8 Å². The van der Waals surface area contributed by atoms with Crippen molar-refractivity contribution in [1.29, 1.82) is 0 Å². The zero-order chi connectivity index (χ0) is 19.3. The molecule has 1 aromatic carbocycles. The highest BCUT2D eigenvalue weighted by molar-refractivity contribution is 6.05. The quantitative estimate of drug-likeness (QED) is 0.810. The maximum Gasteiger partial charge on any atom is 0.316 e. The van der Waals surface area contributed by atoms with Gasteiger partial charge in [-0.3, -0.25) is 4.79 Å². The summed E-state index contributed by atoms with van der Waals surface area (Å²) in [6.45, 7) is 5.88. The van der Waals surface area contributed by atoms with Crippen molar-refractivity contribution in [2.75, 3.05) is 33.3 Å². The summed E-state index contributed by atoms with van der Waals surface area (Å²) in [4.78, 5) is 21.2. The molecule has 2 rings (SSSR count). The molecule has 0 spiro atoms. The zero-order valence-electron chi connectivity index (χ0n) is 15.8. The molecule has 0 unspecified atom stereocenters. The third-order valence-corrected chi connectivity index (χ3v) is 3.69. The number of ether oxygens (including phenoxy) is 4. The van der Waals surface area contributed by atoms with E-state index in [4.69, 9.17) is 18.9 Å². The van der Waals surface area contributed by atoms with E-state index in [1.54, 1.807) is 26.0 Å². The summed E-state index contributed by atoms with van der Waals surface area (Å²) >= 11 is 0. The molecule has 0 aliphatic heterocycles. The van der Waals surface area contributed by atoms with Gasteiger partial charge in [-0.25, -0.2) is 0 Å². The third kappa shape index (κ3) is 3.96. The lowest BCUT2D eigenvalue weighted by Crippen LogP contribution is -2.16. The number of aromatic nitrogens is 2. The van der Waals surface area contributed by atoms with Crippen molar-refractivity contribution < 1.29 is 23.7 Å². The minimum atomic E-state index is -0.344. The number of nitrogens with zero attached hydrogens (tertiary/aromatic N) is 2. The first kappa shape index (κ1) is 19.3. The lowest BCUT2D eigenvalue weighted by atomic mass is 10.1. The highest BCUT2D eigenvalue weighted by atomic mass is 16.5. The van der Waals surface area contributed by atoms with Gasteiger partial charge < -0.3 is 24.3 Å². The van der Waals surface area contributed by atoms with Crippen LogP contribution in [-0.4, -0.2) is 43.8 Å². The van der Waals surface area contributed by atoms with Crippen LogP contribution in [0.2, 0.25) is 0 Å². The van der Waals surface area contributed by atoms with Crippen molar-refractivity contribution in [2.24, 2.45) is 0 Å². The average molecular weight is 361 g/mol. The Labute approximate surface area is 152 Å². The molecule has 26 heavy (non-hydrogen) atoms. The number of aryl methyl sites for hydroxylation is 2. The van der Waals surface area contributed by atoms with E-state index in [1.165, 1.54) is 21.3 Å². The molecule has 8 heteroatoms. The fraction of sp³-hybridized carbons (Fsp3) is 0.389. The largest absolute Gasteiger partial charge is 0.493 e. The van der Waals surface area contributed by atoms with E-state index in [0.29, 0.717) is 46.5 Å². The Balaban J connectivity index is 2.36. The van der Waals surface area contributed by atoms with Gasteiger partial charge in [-0.2, -0.15) is 9.97 Å². The molecule has 1 aromatic heterocycles. The lowest BCUT2D eigenvalue weighted by Gasteiger charge is -2.15. The second-order valence-corrected chi connectivity index (χ2v) is 5.35. The summed E-state index contributed by atoms with van der Waals surface area (Å²) in [5.41, 5.74) is 2.11. The van der Waals surface area contributed by atoms with Crippen molar-refractivity contribution in [3.8, 4) is 23.3 Å². The van der Waals surface area contributed by atoms with Crippen molar-refractivity contribution in [3.05, 3.63) is 29.1 Å². The Kier molecular flexibility index (Phi) is 6.21. The number of carbonyl (C=O) groups excluding carboxylic acids is 1. The van der Waals surface area contributed by atoms with Gasteiger partial charge in [0.15, 0.2) is 11.5 Å². The number of methoxy groups -OCH3 is 3. The summed E-state index contributed by atoms with van der Waals surface area (Å²) in [5, 5.41) is 2.83. The predicted octanol–water partition coefficient (Wildman–Crippen LogP) is 2.77. The van der Waals surface area contributed by atoms with Crippen molar-refractivity contribution in [3.63, 3.8) is 0 Å². The van der Waals surface area contributed by atoms with Crippen LogP contribution in [0.1, 0.15) is 28.7 Å². The smallest absolute Gasteiger partial charge is 0.316 e. The zero-order valence-corrected chi connectivity index (χ0v) is 15.8. The normalized spacial score (nSPS) is 10.2. The molecule has 1 amide bonds. The molecule has 0 radical (unpaired) electrons. The second kappa shape index (κ2) is 8.37. The number of hydrogen-bond donors (Lipinski definition) is 1. The molecule has 0 bridgehead atoms. The van der Waals surface area contributed by atoms with Gasteiger partial charge in [-0.15, -0.1) is 0 Å². The Hall–Kier alpha value is -3.03. The van der Waals surface area contributed by atoms with E-state index in [-0.39, 0.29) is 11.9 Å². The fourth-order valence-electron chi connectivity index (χ4n) is 2.46. The summed E-state index contributed by atoms with van der Waals surface area (Å²) in [7, 11) is 4.49. The van der Waals surface area contributed by atoms with Gasteiger partial charge in [-0.05, 0) is 32.9 Å². The molecule has 0 aliphatic carbocycles. The standard InChI is InChI=1S/C18H23N3O5/c1-7-26-18-19-10(2)15(11(3)20-18)21-17(22)12-8-13(23-4)16(25-6)14(9-12)24-5/h8-9H,7H2,1-6H3,(H,21,22). The summed E-state index contributed by atoms with van der Waals surface area (Å²) < 4.78 is 21.2. The Morgan fingerprint density at radius 1 is 1.00 bits per heavy atom. The topological polar surface area (TPSA) is 91.8 Å². The molecular formula is C18H23N3O5. The summed E-state index contributed by atoms with van der Waals surface area (Å²) in [6, 6.07) is 3.45. The van der Waals surface area contributed by atoms with Gasteiger partial charge in [0.25, 0.3) is 5.91 Å². The Bertz CT molecular complexity index is 759. The van der Waals surface area contributed by atoms with Crippen LogP contribution in [0.5, 0.6) is 23.3 Å². The van der Waals surface area contributed by atoms with Crippen LogP contribution in [0.25, 0.3) is 0 Å². The van der Waals surface area contributed by atoms with Crippen LogP contribution in [0.15, 0.2) is 12.1 Å². The number of benzene rings is 1. The number of amides is 1. The first-order valence-electron chi connectivity index (χ1n) is 8.04. The molecule has 1 heterocycles. The van der Waals surface area contributed by atoms with E-state index >= 15 is 0 Å². The van der Waals surface area contributed by atoms with E-state index in [1.807, 2.05) is 6.92 Å². The van der Waals surface area contributed by atoms with E-state index in [2.05, 4.69) is 15.3 Å². The molecule has 8 nitrogen and oxygen atoms in total. The first-order chi connectivity index (χ1) is 12.4. The average Bonchev–Trinajstić information content (AvgIpc) is 2.63. The van der Waals surface area contributed by atoms with Gasteiger partial charge in [0.2, 0.25) is 5.75 Å². The molecule has 0 saturated heterocycles. The molecule has 0 fully saturated rings. The van der Waals surface area contributed by atoms with Crippen molar-refractivity contribution in [1.82, 2.24) is 9.97 Å². The Morgan fingerprint density at radius 3 is 1.96 bits per heavy atom. The molecule has 0 atom stereocenters. The van der Waals surface area contributed by atoms with Crippen LogP contribution in [-0.2, 0) is 0 Å². The van der Waals surface area contributed by atoms with Gasteiger partial charge in [0.05, 0.1) is 45.0 Å². The molecule has 2 aromatic rings. The van der Waals surface area contributed by atoms with Crippen LogP contribution in [0.4, 0.5) is 5.69 Å². The van der Waals surface area contributed by atoms with Gasteiger partial charge >= 0.3 is 6.01 Å². The van der Waals surface area contributed by atoms with Crippen LogP contribution in [0, 0.1) is 13.8 Å². The highest BCUT2D eigenvalue weighted by Gasteiger charge is 2.19. The maximum absolute atomic E-state index is 12.7. The summed E-state index contributed by atoms with van der Waals surface area (Å²) in [5.74, 6) is 0.869. The minimum Gasteiger partial charge on any atom is -0.493 e. The van der Waals surface area contributed by atoms with Gasteiger partial charge in [0, 0.05) is 5.56 Å². The van der Waals surface area contributed by atoms with E-state index in [0.717, 1.165) is 0 Å². The van der Waals surface area contributed by atoms with Crippen LogP contribution in [0.3, 0.4) is 0 Å². The van der Waals surface area contributed by atoms with Gasteiger partial charge in [-0.1, -0.05) is 0 Å². The number of hydrogen-bond acceptors (Lipinski definition) is 7. The molecule has 1 N–H and O–H groups in total. The lowest BCUT2D eigenvalue weighted by molar-refractivity contribution is 0.102. The fourth-order valence-corrected chi connectivity index (χ4v) is 2.46. The number of rotatable bonds is 7. The number of carbonyl (C=O) groups is 1. The predicted molar refractivity (Wildman–Crippen MR) is 96.7 cm³/mol. The molecule has 140 valence electrons. The second-order valence-electron chi connectivity index (χ2n) is 5.35. The van der Waals surface area contributed by atoms with Crippen molar-refractivity contribution >= 4 is 11.6 Å². The summed E-state index contributed by atoms with van der Waals surface area (Å²) in [6.07, 6.45) is 0. The minimum absolute atomic E-state index is 0.285. The third-order valence-electron chi connectivity index (χ3n) is 3.69. The highest BCUT2D eigenvalue weighted by Crippen LogP contribution is 2.38. The first-order valence-corrected chi connectivity index (χ1v) is 8.04. The van der Waals surface area contributed by atoms with E-state index < -0.39 is 0 Å². The number of nitrogens with one attached hydrogen (secondary N) is 1.